The first-order valence-corrected chi connectivity index (χ1v) is 9.13. The van der Waals surface area contributed by atoms with Crippen LogP contribution in [0.5, 0.6) is 0 Å². The second kappa shape index (κ2) is 6.02. The molecular weight excluding hydrogens is 329 g/mol. The van der Waals surface area contributed by atoms with Crippen molar-refractivity contribution in [1.29, 1.82) is 0 Å². The van der Waals surface area contributed by atoms with Crippen LogP contribution in [0.25, 0.3) is 11.5 Å². The van der Waals surface area contributed by atoms with E-state index in [1.165, 1.54) is 18.1 Å². The Morgan fingerprint density at radius 1 is 1.08 bits per heavy atom. The SMILES string of the molecule is Fc1ccccc1-c1nc(C2(CN[C@H]3CC3c3ccccc3)CC2)no1. The van der Waals surface area contributed by atoms with Gasteiger partial charge in [-0.3, -0.25) is 0 Å². The van der Waals surface area contributed by atoms with Crippen molar-refractivity contribution in [3.05, 3.63) is 71.8 Å². The van der Waals surface area contributed by atoms with Gasteiger partial charge in [0.2, 0.25) is 0 Å². The van der Waals surface area contributed by atoms with Gasteiger partial charge in [-0.05, 0) is 37.0 Å². The minimum Gasteiger partial charge on any atom is -0.334 e. The third-order valence-electron chi connectivity index (χ3n) is 5.58. The first-order chi connectivity index (χ1) is 12.8. The molecule has 2 saturated carbocycles. The molecule has 3 aromatic rings. The van der Waals surface area contributed by atoms with E-state index in [1.54, 1.807) is 18.2 Å². The van der Waals surface area contributed by atoms with Gasteiger partial charge in [-0.15, -0.1) is 0 Å². The Bertz CT molecular complexity index is 920. The van der Waals surface area contributed by atoms with Gasteiger partial charge >= 0.3 is 0 Å². The van der Waals surface area contributed by atoms with Crippen LogP contribution in [-0.2, 0) is 5.41 Å². The smallest absolute Gasteiger partial charge is 0.260 e. The summed E-state index contributed by atoms with van der Waals surface area (Å²) in [6.45, 7) is 0.844. The molecule has 1 aromatic heterocycles. The lowest BCUT2D eigenvalue weighted by atomic mass is 10.1. The normalized spacial score (nSPS) is 23.0. The first-order valence-electron chi connectivity index (χ1n) is 9.13. The van der Waals surface area contributed by atoms with Crippen molar-refractivity contribution in [2.45, 2.75) is 36.6 Å². The Morgan fingerprint density at radius 3 is 2.62 bits per heavy atom. The molecule has 0 bridgehead atoms. The largest absolute Gasteiger partial charge is 0.334 e. The summed E-state index contributed by atoms with van der Waals surface area (Å²) in [5, 5.41) is 7.82. The van der Waals surface area contributed by atoms with Crippen molar-refractivity contribution < 1.29 is 8.91 Å². The summed E-state index contributed by atoms with van der Waals surface area (Å²) in [5.41, 5.74) is 1.70. The van der Waals surface area contributed by atoms with Crippen LogP contribution in [0.1, 0.15) is 36.6 Å². The molecule has 2 atom stereocenters. The zero-order valence-electron chi connectivity index (χ0n) is 14.4. The number of hydrogen-bond acceptors (Lipinski definition) is 4. The Labute approximate surface area is 151 Å². The van der Waals surface area contributed by atoms with Gasteiger partial charge in [0.15, 0.2) is 5.82 Å². The van der Waals surface area contributed by atoms with E-state index in [4.69, 9.17) is 4.52 Å². The fourth-order valence-electron chi connectivity index (χ4n) is 3.63. The second-order valence-corrected chi connectivity index (χ2v) is 7.42. The summed E-state index contributed by atoms with van der Waals surface area (Å²) in [4.78, 5) is 4.49. The average molecular weight is 349 g/mol. The van der Waals surface area contributed by atoms with Crippen LogP contribution in [0.3, 0.4) is 0 Å². The number of aromatic nitrogens is 2. The Hall–Kier alpha value is -2.53. The molecule has 0 amide bonds. The van der Waals surface area contributed by atoms with E-state index in [-0.39, 0.29) is 17.1 Å². The molecule has 5 rings (SSSR count). The van der Waals surface area contributed by atoms with E-state index in [1.807, 2.05) is 0 Å². The summed E-state index contributed by atoms with van der Waals surface area (Å²) >= 11 is 0. The number of nitrogens with one attached hydrogen (secondary N) is 1. The molecular formula is C21H20FN3O. The second-order valence-electron chi connectivity index (χ2n) is 7.42. The molecule has 1 heterocycles. The minimum absolute atomic E-state index is 0.0587. The molecule has 2 aromatic carbocycles. The van der Waals surface area contributed by atoms with E-state index in [0.717, 1.165) is 19.4 Å². The molecule has 0 spiro atoms. The van der Waals surface area contributed by atoms with Crippen molar-refractivity contribution in [1.82, 2.24) is 15.5 Å². The van der Waals surface area contributed by atoms with Crippen molar-refractivity contribution in [3.63, 3.8) is 0 Å². The van der Waals surface area contributed by atoms with Gasteiger partial charge in [0.05, 0.1) is 5.56 Å². The monoisotopic (exact) mass is 349 g/mol. The first kappa shape index (κ1) is 15.7. The van der Waals surface area contributed by atoms with Gasteiger partial charge in [0, 0.05) is 23.9 Å². The quantitative estimate of drug-likeness (QED) is 0.729. The lowest BCUT2D eigenvalue weighted by Crippen LogP contribution is -2.30. The molecule has 1 N–H and O–H groups in total. The lowest BCUT2D eigenvalue weighted by Gasteiger charge is -2.12. The van der Waals surface area contributed by atoms with Gasteiger partial charge in [-0.2, -0.15) is 4.98 Å². The van der Waals surface area contributed by atoms with E-state index >= 15 is 0 Å². The highest BCUT2D eigenvalue weighted by Crippen LogP contribution is 2.48. The van der Waals surface area contributed by atoms with E-state index in [9.17, 15) is 4.39 Å². The molecule has 2 aliphatic rings. The molecule has 5 heteroatoms. The molecule has 2 aliphatic carbocycles. The standard InChI is InChI=1S/C21H20FN3O/c22-17-9-5-4-8-15(17)19-24-20(25-26-19)21(10-11-21)13-23-18-12-16(18)14-6-2-1-3-7-14/h1-9,16,18,23H,10-13H2/t16?,18-/m0/s1. The number of rotatable bonds is 6. The summed E-state index contributed by atoms with van der Waals surface area (Å²) in [6.07, 6.45) is 3.25. The molecule has 132 valence electrons. The molecule has 0 radical (unpaired) electrons. The fourth-order valence-corrected chi connectivity index (χ4v) is 3.63. The zero-order valence-corrected chi connectivity index (χ0v) is 14.4. The van der Waals surface area contributed by atoms with Gasteiger partial charge in [0.25, 0.3) is 5.89 Å². The van der Waals surface area contributed by atoms with Crippen molar-refractivity contribution in [2.24, 2.45) is 0 Å². The number of nitrogens with zero attached hydrogens (tertiary/aromatic N) is 2. The van der Waals surface area contributed by atoms with Gasteiger partial charge in [-0.1, -0.05) is 47.6 Å². The summed E-state index contributed by atoms with van der Waals surface area (Å²) in [6, 6.07) is 17.6. The summed E-state index contributed by atoms with van der Waals surface area (Å²) < 4.78 is 19.3. The summed E-state index contributed by atoms with van der Waals surface area (Å²) in [5.74, 6) is 1.22. The van der Waals surface area contributed by atoms with Crippen molar-refractivity contribution >= 4 is 0 Å². The summed E-state index contributed by atoms with van der Waals surface area (Å²) in [7, 11) is 0. The van der Waals surface area contributed by atoms with Crippen LogP contribution < -0.4 is 5.32 Å². The highest BCUT2D eigenvalue weighted by atomic mass is 19.1. The van der Waals surface area contributed by atoms with E-state index in [2.05, 4.69) is 45.8 Å². The van der Waals surface area contributed by atoms with Crippen LogP contribution in [0.4, 0.5) is 4.39 Å². The van der Waals surface area contributed by atoms with Crippen LogP contribution >= 0.6 is 0 Å². The number of halogens is 1. The predicted molar refractivity (Wildman–Crippen MR) is 96.2 cm³/mol. The molecule has 26 heavy (non-hydrogen) atoms. The molecule has 2 fully saturated rings. The van der Waals surface area contributed by atoms with Crippen LogP contribution in [0.2, 0.25) is 0 Å². The maximum absolute atomic E-state index is 13.9. The van der Waals surface area contributed by atoms with Crippen molar-refractivity contribution in [3.8, 4) is 11.5 Å². The molecule has 0 aliphatic heterocycles. The van der Waals surface area contributed by atoms with E-state index in [0.29, 0.717) is 23.3 Å². The zero-order chi connectivity index (χ0) is 17.6. The van der Waals surface area contributed by atoms with Crippen molar-refractivity contribution in [2.75, 3.05) is 6.54 Å². The van der Waals surface area contributed by atoms with Crippen LogP contribution in [0, 0.1) is 5.82 Å². The highest BCUT2D eigenvalue weighted by Gasteiger charge is 2.50. The lowest BCUT2D eigenvalue weighted by molar-refractivity contribution is 0.407. The average Bonchev–Trinajstić information content (AvgIpc) is 3.58. The van der Waals surface area contributed by atoms with Gasteiger partial charge < -0.3 is 9.84 Å². The molecule has 0 saturated heterocycles. The predicted octanol–water partition coefficient (Wildman–Crippen LogP) is 4.05. The van der Waals surface area contributed by atoms with Gasteiger partial charge in [0.1, 0.15) is 5.82 Å². The minimum atomic E-state index is -0.339. The maximum atomic E-state index is 13.9. The molecule has 4 nitrogen and oxygen atoms in total. The topological polar surface area (TPSA) is 51.0 Å². The maximum Gasteiger partial charge on any atom is 0.260 e. The number of hydrogen-bond donors (Lipinski definition) is 1. The fraction of sp³-hybridized carbons (Fsp3) is 0.333. The Morgan fingerprint density at radius 2 is 1.85 bits per heavy atom. The highest BCUT2D eigenvalue weighted by molar-refractivity contribution is 5.53. The van der Waals surface area contributed by atoms with Crippen LogP contribution in [-0.4, -0.2) is 22.7 Å². The van der Waals surface area contributed by atoms with Crippen LogP contribution in [0.15, 0.2) is 59.1 Å². The van der Waals surface area contributed by atoms with Gasteiger partial charge in [-0.25, -0.2) is 4.39 Å². The third-order valence-corrected chi connectivity index (χ3v) is 5.58. The van der Waals surface area contributed by atoms with E-state index < -0.39 is 0 Å². The Kier molecular flexibility index (Phi) is 3.64. The molecule has 1 unspecified atom stereocenters. The number of benzene rings is 2. The third kappa shape index (κ3) is 2.82. The Balaban J connectivity index is 1.26.